The summed E-state index contributed by atoms with van der Waals surface area (Å²) in [7, 11) is 1.57. The number of likely N-dealkylation sites (N-methyl/N-ethyl adjacent to an activating group) is 1. The summed E-state index contributed by atoms with van der Waals surface area (Å²) in [6.45, 7) is 1.55. The van der Waals surface area contributed by atoms with Crippen molar-refractivity contribution in [3.05, 3.63) is 0 Å². The third kappa shape index (κ3) is 1.74. The fraction of sp³-hybridized carbons (Fsp3) is 0.571. The number of nitrogens with one attached hydrogen (secondary N) is 1. The van der Waals surface area contributed by atoms with Gasteiger partial charge in [0.25, 0.3) is 0 Å². The molecule has 0 aromatic rings. The van der Waals surface area contributed by atoms with Crippen molar-refractivity contribution >= 4 is 5.97 Å². The van der Waals surface area contributed by atoms with Crippen LogP contribution >= 0.6 is 0 Å². The molecule has 0 aromatic heterocycles. The Balaban J connectivity index is 4.26. The van der Waals surface area contributed by atoms with Gasteiger partial charge in [0.1, 0.15) is 5.54 Å². The molecule has 0 rings (SSSR count). The van der Waals surface area contributed by atoms with E-state index in [2.05, 4.69) is 11.2 Å². The maximum atomic E-state index is 10.5. The first-order valence-corrected chi connectivity index (χ1v) is 2.92. The Morgan fingerprint density at radius 1 is 1.90 bits per heavy atom. The van der Waals surface area contributed by atoms with Crippen LogP contribution in [0.25, 0.3) is 0 Å². The number of aliphatic carboxylic acids is 1. The first kappa shape index (κ1) is 8.99. The second kappa shape index (κ2) is 3.23. The average Bonchev–Trinajstić information content (AvgIpc) is 1.88. The second-order valence-corrected chi connectivity index (χ2v) is 2.27. The summed E-state index contributed by atoms with van der Waals surface area (Å²) in [5.41, 5.74) is -0.977. The summed E-state index contributed by atoms with van der Waals surface area (Å²) in [5.74, 6) is 1.37. The summed E-state index contributed by atoms with van der Waals surface area (Å²) in [5, 5.41) is 11.2. The lowest BCUT2D eigenvalue weighted by atomic mass is 9.99. The van der Waals surface area contributed by atoms with Crippen LogP contribution in [0.4, 0.5) is 0 Å². The standard InChI is InChI=1S/C7H11NO2/c1-4-5-7(2,8-3)6(9)10/h1,8H,5H2,2-3H3,(H,9,10). The molecule has 0 aliphatic rings. The van der Waals surface area contributed by atoms with Crippen molar-refractivity contribution in [2.24, 2.45) is 0 Å². The van der Waals surface area contributed by atoms with E-state index in [-0.39, 0.29) is 6.42 Å². The third-order valence-corrected chi connectivity index (χ3v) is 1.48. The predicted molar refractivity (Wildman–Crippen MR) is 38.6 cm³/mol. The van der Waals surface area contributed by atoms with Crippen molar-refractivity contribution in [2.75, 3.05) is 7.05 Å². The van der Waals surface area contributed by atoms with Crippen LogP contribution in [0.1, 0.15) is 13.3 Å². The van der Waals surface area contributed by atoms with E-state index in [4.69, 9.17) is 11.5 Å². The van der Waals surface area contributed by atoms with Crippen molar-refractivity contribution in [1.29, 1.82) is 0 Å². The molecule has 0 heterocycles. The lowest BCUT2D eigenvalue weighted by molar-refractivity contribution is -0.143. The molecule has 3 nitrogen and oxygen atoms in total. The van der Waals surface area contributed by atoms with E-state index in [1.54, 1.807) is 14.0 Å². The number of rotatable bonds is 3. The van der Waals surface area contributed by atoms with E-state index in [1.807, 2.05) is 0 Å². The molecule has 0 saturated carbocycles. The van der Waals surface area contributed by atoms with Gasteiger partial charge in [-0.25, -0.2) is 0 Å². The fourth-order valence-electron chi connectivity index (χ4n) is 0.475. The van der Waals surface area contributed by atoms with Gasteiger partial charge < -0.3 is 10.4 Å². The Morgan fingerprint density at radius 2 is 2.40 bits per heavy atom. The number of carboxylic acid groups (broad SMARTS) is 1. The number of hydrogen-bond acceptors (Lipinski definition) is 2. The normalized spacial score (nSPS) is 15.3. The van der Waals surface area contributed by atoms with Gasteiger partial charge in [-0.05, 0) is 14.0 Å². The van der Waals surface area contributed by atoms with Gasteiger partial charge in [-0.15, -0.1) is 12.3 Å². The highest BCUT2D eigenvalue weighted by molar-refractivity contribution is 5.78. The summed E-state index contributed by atoms with van der Waals surface area (Å²) in [4.78, 5) is 10.5. The van der Waals surface area contributed by atoms with Crippen LogP contribution in [0.5, 0.6) is 0 Å². The van der Waals surface area contributed by atoms with Crippen LogP contribution in [-0.2, 0) is 4.79 Å². The monoisotopic (exact) mass is 141 g/mol. The van der Waals surface area contributed by atoms with Gasteiger partial charge >= 0.3 is 5.97 Å². The van der Waals surface area contributed by atoms with Crippen molar-refractivity contribution < 1.29 is 9.90 Å². The average molecular weight is 141 g/mol. The van der Waals surface area contributed by atoms with Crippen LogP contribution in [0.3, 0.4) is 0 Å². The van der Waals surface area contributed by atoms with Gasteiger partial charge in [0.15, 0.2) is 0 Å². The topological polar surface area (TPSA) is 49.3 Å². The molecule has 1 unspecified atom stereocenters. The molecule has 1 atom stereocenters. The minimum atomic E-state index is -0.977. The second-order valence-electron chi connectivity index (χ2n) is 2.27. The highest BCUT2D eigenvalue weighted by Crippen LogP contribution is 2.06. The molecule has 0 fully saturated rings. The zero-order valence-electron chi connectivity index (χ0n) is 6.14. The molecule has 0 bridgehead atoms. The molecular weight excluding hydrogens is 130 g/mol. The zero-order valence-corrected chi connectivity index (χ0v) is 6.14. The number of carboxylic acids is 1. The highest BCUT2D eigenvalue weighted by atomic mass is 16.4. The smallest absolute Gasteiger partial charge is 0.324 e. The molecule has 0 amide bonds. The van der Waals surface area contributed by atoms with Crippen molar-refractivity contribution in [1.82, 2.24) is 5.32 Å². The Kier molecular flexibility index (Phi) is 2.91. The summed E-state index contributed by atoms with van der Waals surface area (Å²) < 4.78 is 0. The van der Waals surface area contributed by atoms with E-state index in [9.17, 15) is 4.79 Å². The molecule has 3 heteroatoms. The van der Waals surface area contributed by atoms with Crippen LogP contribution in [-0.4, -0.2) is 23.7 Å². The van der Waals surface area contributed by atoms with Gasteiger partial charge in [0.05, 0.1) is 0 Å². The Labute approximate surface area is 60.4 Å². The highest BCUT2D eigenvalue weighted by Gasteiger charge is 2.29. The van der Waals surface area contributed by atoms with Gasteiger partial charge in [0, 0.05) is 6.42 Å². The first-order chi connectivity index (χ1) is 4.56. The van der Waals surface area contributed by atoms with E-state index in [0.29, 0.717) is 0 Å². The van der Waals surface area contributed by atoms with Gasteiger partial charge in [-0.2, -0.15) is 0 Å². The first-order valence-electron chi connectivity index (χ1n) is 2.92. The lowest BCUT2D eigenvalue weighted by Crippen LogP contribution is -2.47. The zero-order chi connectivity index (χ0) is 8.20. The minimum Gasteiger partial charge on any atom is -0.480 e. The van der Waals surface area contributed by atoms with Crippen LogP contribution in [0, 0.1) is 12.3 Å². The van der Waals surface area contributed by atoms with E-state index >= 15 is 0 Å². The number of carbonyl (C=O) groups is 1. The summed E-state index contributed by atoms with van der Waals surface area (Å²) >= 11 is 0. The molecule has 0 aliphatic heterocycles. The van der Waals surface area contributed by atoms with Gasteiger partial charge in [-0.3, -0.25) is 4.79 Å². The molecule has 0 aromatic carbocycles. The molecule has 56 valence electrons. The van der Waals surface area contributed by atoms with E-state index < -0.39 is 11.5 Å². The largest absolute Gasteiger partial charge is 0.480 e. The maximum Gasteiger partial charge on any atom is 0.324 e. The third-order valence-electron chi connectivity index (χ3n) is 1.48. The SMILES string of the molecule is C#CCC(C)(NC)C(=O)O. The Hall–Kier alpha value is -1.01. The van der Waals surface area contributed by atoms with Gasteiger partial charge in [0.2, 0.25) is 0 Å². The van der Waals surface area contributed by atoms with Crippen molar-refractivity contribution in [3.8, 4) is 12.3 Å². The molecule has 0 radical (unpaired) electrons. The van der Waals surface area contributed by atoms with Crippen LogP contribution < -0.4 is 5.32 Å². The van der Waals surface area contributed by atoms with Crippen LogP contribution in [0.15, 0.2) is 0 Å². The number of hydrogen-bond donors (Lipinski definition) is 2. The maximum absolute atomic E-state index is 10.5. The lowest BCUT2D eigenvalue weighted by Gasteiger charge is -2.20. The van der Waals surface area contributed by atoms with E-state index in [1.165, 1.54) is 0 Å². The van der Waals surface area contributed by atoms with Crippen molar-refractivity contribution in [3.63, 3.8) is 0 Å². The van der Waals surface area contributed by atoms with Crippen molar-refractivity contribution in [2.45, 2.75) is 18.9 Å². The van der Waals surface area contributed by atoms with Crippen LogP contribution in [0.2, 0.25) is 0 Å². The number of terminal acetylenes is 1. The minimum absolute atomic E-state index is 0.193. The Morgan fingerprint density at radius 3 is 2.50 bits per heavy atom. The molecule has 2 N–H and O–H groups in total. The Bertz CT molecular complexity index is 171. The molecule has 0 aliphatic carbocycles. The fourth-order valence-corrected chi connectivity index (χ4v) is 0.475. The van der Waals surface area contributed by atoms with E-state index in [0.717, 1.165) is 0 Å². The quantitative estimate of drug-likeness (QED) is 0.547. The molecule has 0 saturated heterocycles. The summed E-state index contributed by atoms with van der Waals surface area (Å²) in [6.07, 6.45) is 5.17. The summed E-state index contributed by atoms with van der Waals surface area (Å²) in [6, 6.07) is 0. The van der Waals surface area contributed by atoms with Gasteiger partial charge in [-0.1, -0.05) is 0 Å². The molecular formula is C7H11NO2. The molecule has 0 spiro atoms. The predicted octanol–water partition coefficient (Wildman–Crippen LogP) is 0.0724. The molecule has 10 heavy (non-hydrogen) atoms.